The minimum absolute atomic E-state index is 0.137. The number of aliphatic hydroxyl groups is 1. The maximum Gasteiger partial charge on any atom is 0.295 e. The number of likely N-dealkylation sites (tertiary alicyclic amines) is 1. The molecule has 1 N–H and O–H groups in total. The Morgan fingerprint density at radius 3 is 2.65 bits per heavy atom. The zero-order valence-electron chi connectivity index (χ0n) is 18.5. The van der Waals surface area contributed by atoms with E-state index < -0.39 is 17.7 Å². The number of benzene rings is 1. The lowest BCUT2D eigenvalue weighted by atomic mass is 9.99. The summed E-state index contributed by atoms with van der Waals surface area (Å²) in [4.78, 5) is 30.3. The largest absolute Gasteiger partial charge is 0.507 e. The second-order valence-corrected chi connectivity index (χ2v) is 9.38. The molecule has 0 aliphatic carbocycles. The van der Waals surface area contributed by atoms with Crippen molar-refractivity contribution < 1.29 is 19.4 Å². The molecule has 31 heavy (non-hydrogen) atoms. The Morgan fingerprint density at radius 2 is 2.00 bits per heavy atom. The molecule has 1 atom stereocenters. The van der Waals surface area contributed by atoms with Gasteiger partial charge >= 0.3 is 0 Å². The molecular weight excluding hydrogens is 412 g/mol. The van der Waals surface area contributed by atoms with Crippen LogP contribution in [-0.2, 0) is 9.59 Å². The smallest absolute Gasteiger partial charge is 0.295 e. The summed E-state index contributed by atoms with van der Waals surface area (Å²) < 4.78 is 5.77. The number of amides is 1. The molecule has 166 valence electrons. The summed E-state index contributed by atoms with van der Waals surface area (Å²) >= 11 is 1.47. The van der Waals surface area contributed by atoms with Crippen LogP contribution in [0.2, 0.25) is 0 Å². The van der Waals surface area contributed by atoms with E-state index in [-0.39, 0.29) is 11.3 Å². The topological polar surface area (TPSA) is 70.1 Å². The van der Waals surface area contributed by atoms with Crippen LogP contribution in [0.5, 0.6) is 5.75 Å². The molecule has 1 aromatic heterocycles. The quantitative estimate of drug-likeness (QED) is 0.359. The molecular formula is C24H30N2O4S. The van der Waals surface area contributed by atoms with Crippen LogP contribution in [0.4, 0.5) is 0 Å². The molecule has 1 aliphatic heterocycles. The predicted octanol–water partition coefficient (Wildman–Crippen LogP) is 4.16. The molecule has 1 unspecified atom stereocenters. The van der Waals surface area contributed by atoms with Crippen molar-refractivity contribution in [2.45, 2.75) is 26.3 Å². The van der Waals surface area contributed by atoms with Crippen molar-refractivity contribution in [1.82, 2.24) is 9.80 Å². The van der Waals surface area contributed by atoms with E-state index in [1.807, 2.05) is 42.6 Å². The number of ketones is 1. The van der Waals surface area contributed by atoms with Crippen molar-refractivity contribution in [2.75, 3.05) is 33.8 Å². The van der Waals surface area contributed by atoms with E-state index in [0.29, 0.717) is 30.4 Å². The lowest BCUT2D eigenvalue weighted by Crippen LogP contribution is -2.32. The Hall–Kier alpha value is -2.64. The summed E-state index contributed by atoms with van der Waals surface area (Å²) in [7, 11) is 3.94. The Balaban J connectivity index is 1.98. The van der Waals surface area contributed by atoms with Gasteiger partial charge in [-0.2, -0.15) is 0 Å². The zero-order chi connectivity index (χ0) is 22.5. The Morgan fingerprint density at radius 1 is 1.23 bits per heavy atom. The van der Waals surface area contributed by atoms with Gasteiger partial charge in [-0.15, -0.1) is 11.3 Å². The Kier molecular flexibility index (Phi) is 7.51. The number of ether oxygens (including phenoxy) is 1. The summed E-state index contributed by atoms with van der Waals surface area (Å²) in [5.74, 6) is -0.392. The third kappa shape index (κ3) is 5.35. The van der Waals surface area contributed by atoms with Crippen LogP contribution < -0.4 is 4.74 Å². The minimum atomic E-state index is -0.644. The first-order chi connectivity index (χ1) is 14.8. The lowest BCUT2D eigenvalue weighted by Gasteiger charge is -2.24. The van der Waals surface area contributed by atoms with Gasteiger partial charge in [0, 0.05) is 17.0 Å². The molecule has 6 nitrogen and oxygen atoms in total. The van der Waals surface area contributed by atoms with Gasteiger partial charge in [0.05, 0.1) is 18.2 Å². The zero-order valence-corrected chi connectivity index (χ0v) is 19.3. The van der Waals surface area contributed by atoms with Gasteiger partial charge < -0.3 is 19.6 Å². The predicted molar refractivity (Wildman–Crippen MR) is 123 cm³/mol. The van der Waals surface area contributed by atoms with Crippen molar-refractivity contribution in [3.05, 3.63) is 57.8 Å². The van der Waals surface area contributed by atoms with Gasteiger partial charge in [0.25, 0.3) is 11.7 Å². The standard InChI is InChI=1S/C24H30N2O4S/c1-16(2)15-30-18-9-5-8-17(14-18)22(27)20-21(19-10-6-13-31-19)26(24(29)23(20)28)12-7-11-25(3)4/h5-6,8-10,13-14,16,21,27H,7,11-12,15H2,1-4H3/b22-20-. The molecule has 2 aromatic rings. The van der Waals surface area contributed by atoms with E-state index in [1.165, 1.54) is 11.3 Å². The highest BCUT2D eigenvalue weighted by Crippen LogP contribution is 2.41. The van der Waals surface area contributed by atoms with Crippen LogP contribution in [-0.4, -0.2) is 60.4 Å². The second-order valence-electron chi connectivity index (χ2n) is 8.40. The summed E-state index contributed by atoms with van der Waals surface area (Å²) in [6.07, 6.45) is 0.737. The van der Waals surface area contributed by atoms with Crippen LogP contribution in [0.3, 0.4) is 0 Å². The maximum atomic E-state index is 13.0. The van der Waals surface area contributed by atoms with Gasteiger partial charge in [-0.3, -0.25) is 9.59 Å². The summed E-state index contributed by atoms with van der Waals surface area (Å²) in [5.41, 5.74) is 0.604. The number of hydrogen-bond acceptors (Lipinski definition) is 6. The van der Waals surface area contributed by atoms with E-state index in [4.69, 9.17) is 4.74 Å². The Labute approximate surface area is 187 Å². The third-order valence-corrected chi connectivity index (χ3v) is 5.97. The third-order valence-electron chi connectivity index (χ3n) is 5.05. The van der Waals surface area contributed by atoms with Crippen molar-refractivity contribution in [1.29, 1.82) is 0 Å². The van der Waals surface area contributed by atoms with Crippen molar-refractivity contribution in [3.63, 3.8) is 0 Å². The number of aliphatic hydroxyl groups excluding tert-OH is 1. The number of carbonyl (C=O) groups excluding carboxylic acids is 2. The average molecular weight is 443 g/mol. The van der Waals surface area contributed by atoms with Crippen LogP contribution in [0.25, 0.3) is 5.76 Å². The molecule has 1 aromatic carbocycles. The van der Waals surface area contributed by atoms with Gasteiger partial charge in [0.1, 0.15) is 11.5 Å². The van der Waals surface area contributed by atoms with E-state index in [9.17, 15) is 14.7 Å². The first-order valence-corrected chi connectivity index (χ1v) is 11.4. The summed E-state index contributed by atoms with van der Waals surface area (Å²) in [6.45, 7) is 5.91. The minimum Gasteiger partial charge on any atom is -0.507 e. The highest BCUT2D eigenvalue weighted by atomic mass is 32.1. The monoisotopic (exact) mass is 442 g/mol. The number of thiophene rings is 1. The fourth-order valence-corrected chi connectivity index (χ4v) is 4.41. The van der Waals surface area contributed by atoms with Gasteiger partial charge in [-0.05, 0) is 56.6 Å². The first-order valence-electron chi connectivity index (χ1n) is 10.5. The van der Waals surface area contributed by atoms with Gasteiger partial charge in [0.2, 0.25) is 0 Å². The number of Topliss-reactive ketones (excluding diaryl/α,β-unsaturated/α-hetero) is 1. The van der Waals surface area contributed by atoms with Crippen LogP contribution in [0, 0.1) is 5.92 Å². The van der Waals surface area contributed by atoms with E-state index in [1.54, 1.807) is 23.1 Å². The molecule has 1 aliphatic rings. The fraction of sp³-hybridized carbons (Fsp3) is 0.417. The lowest BCUT2D eigenvalue weighted by molar-refractivity contribution is -0.139. The van der Waals surface area contributed by atoms with Crippen molar-refractivity contribution >= 4 is 28.8 Å². The SMILES string of the molecule is CC(C)COc1cccc(/C(O)=C2/C(=O)C(=O)N(CCCN(C)C)C2c2cccs2)c1. The molecule has 0 saturated carbocycles. The van der Waals surface area contributed by atoms with Gasteiger partial charge in [-0.25, -0.2) is 0 Å². The highest BCUT2D eigenvalue weighted by molar-refractivity contribution is 7.10. The maximum absolute atomic E-state index is 13.0. The number of carbonyl (C=O) groups is 2. The normalized spacial score (nSPS) is 18.4. The number of nitrogens with zero attached hydrogens (tertiary/aromatic N) is 2. The van der Waals surface area contributed by atoms with Crippen LogP contribution in [0.15, 0.2) is 47.4 Å². The average Bonchev–Trinajstić information content (AvgIpc) is 3.34. The van der Waals surface area contributed by atoms with Crippen molar-refractivity contribution in [3.8, 4) is 5.75 Å². The van der Waals surface area contributed by atoms with E-state index in [2.05, 4.69) is 13.8 Å². The number of hydrogen-bond donors (Lipinski definition) is 1. The molecule has 0 radical (unpaired) electrons. The molecule has 3 rings (SSSR count). The second kappa shape index (κ2) is 10.1. The molecule has 1 saturated heterocycles. The van der Waals surface area contributed by atoms with Gasteiger partial charge in [-0.1, -0.05) is 32.0 Å². The van der Waals surface area contributed by atoms with Gasteiger partial charge in [0.15, 0.2) is 0 Å². The number of rotatable bonds is 9. The van der Waals surface area contributed by atoms with E-state index in [0.717, 1.165) is 17.8 Å². The van der Waals surface area contributed by atoms with Crippen LogP contribution in [0.1, 0.15) is 36.8 Å². The van der Waals surface area contributed by atoms with Crippen molar-refractivity contribution in [2.24, 2.45) is 5.92 Å². The molecule has 1 fully saturated rings. The van der Waals surface area contributed by atoms with E-state index >= 15 is 0 Å². The molecule has 7 heteroatoms. The Bertz CT molecular complexity index is 950. The fourth-order valence-electron chi connectivity index (χ4n) is 3.56. The molecule has 1 amide bonds. The summed E-state index contributed by atoms with van der Waals surface area (Å²) in [6, 6.07) is 10.2. The molecule has 0 spiro atoms. The van der Waals surface area contributed by atoms with Crippen LogP contribution >= 0.6 is 11.3 Å². The summed E-state index contributed by atoms with van der Waals surface area (Å²) in [5, 5.41) is 13.0. The highest BCUT2D eigenvalue weighted by Gasteiger charge is 2.46. The molecule has 0 bridgehead atoms. The first kappa shape index (κ1) is 23.0. The molecule has 2 heterocycles.